The first kappa shape index (κ1) is 17.1. The molecular weight excluding hydrogens is 274 g/mol. The van der Waals surface area contributed by atoms with E-state index in [1.807, 2.05) is 12.1 Å². The topological polar surface area (TPSA) is 58.3 Å². The Morgan fingerprint density at radius 3 is 2.55 bits per heavy atom. The normalized spacial score (nSPS) is 17.1. The van der Waals surface area contributed by atoms with Crippen molar-refractivity contribution in [3.8, 4) is 0 Å². The highest BCUT2D eigenvalue weighted by Crippen LogP contribution is 2.20. The quantitative estimate of drug-likeness (QED) is 0.914. The highest BCUT2D eigenvalue weighted by Gasteiger charge is 2.25. The van der Waals surface area contributed by atoms with Gasteiger partial charge in [0.25, 0.3) is 0 Å². The number of nitrogens with two attached hydrogens (primary N) is 1. The van der Waals surface area contributed by atoms with Crippen molar-refractivity contribution >= 4 is 18.2 Å². The van der Waals surface area contributed by atoms with Crippen LogP contribution in [0.4, 0.5) is 5.82 Å². The maximum atomic E-state index is 6.09. The molecule has 0 saturated carbocycles. The van der Waals surface area contributed by atoms with E-state index in [0.717, 1.165) is 38.3 Å². The Morgan fingerprint density at radius 1 is 1.40 bits per heavy atom. The van der Waals surface area contributed by atoms with Gasteiger partial charge in [0, 0.05) is 37.4 Å². The van der Waals surface area contributed by atoms with Crippen molar-refractivity contribution in [2.75, 3.05) is 31.6 Å². The zero-order valence-electron chi connectivity index (χ0n) is 12.6. The molecule has 0 radical (unpaired) electrons. The molecular formula is C14H26ClN5. The minimum Gasteiger partial charge on any atom is -0.355 e. The lowest BCUT2D eigenvalue weighted by atomic mass is 10.0. The summed E-state index contributed by atoms with van der Waals surface area (Å²) in [5, 5.41) is 8.12. The van der Waals surface area contributed by atoms with E-state index in [0.29, 0.717) is 6.04 Å². The third kappa shape index (κ3) is 4.89. The zero-order chi connectivity index (χ0) is 13.9. The lowest BCUT2D eigenvalue weighted by Crippen LogP contribution is -2.50. The van der Waals surface area contributed by atoms with E-state index in [9.17, 15) is 0 Å². The molecule has 1 aromatic heterocycles. The fourth-order valence-corrected chi connectivity index (χ4v) is 2.77. The second-order valence-corrected chi connectivity index (χ2v) is 6.20. The number of nitrogens with zero attached hydrogens (tertiary/aromatic N) is 4. The van der Waals surface area contributed by atoms with E-state index < -0.39 is 0 Å². The average molecular weight is 300 g/mol. The maximum Gasteiger partial charge on any atom is 0.151 e. The molecule has 1 aliphatic rings. The van der Waals surface area contributed by atoms with Crippen molar-refractivity contribution in [2.24, 2.45) is 5.73 Å². The van der Waals surface area contributed by atoms with Crippen LogP contribution in [0.5, 0.6) is 0 Å². The number of hydrogen-bond donors (Lipinski definition) is 1. The summed E-state index contributed by atoms with van der Waals surface area (Å²) >= 11 is 0. The number of halogens is 1. The summed E-state index contributed by atoms with van der Waals surface area (Å²) in [7, 11) is 2.18. The van der Waals surface area contributed by atoms with Crippen LogP contribution in [0.25, 0.3) is 0 Å². The van der Waals surface area contributed by atoms with Crippen LogP contribution < -0.4 is 10.6 Å². The molecule has 1 fully saturated rings. The number of hydrogen-bond acceptors (Lipinski definition) is 5. The Hall–Kier alpha value is -0.910. The Balaban J connectivity index is 0.00000200. The van der Waals surface area contributed by atoms with Crippen molar-refractivity contribution in [1.82, 2.24) is 15.1 Å². The molecule has 20 heavy (non-hydrogen) atoms. The van der Waals surface area contributed by atoms with Gasteiger partial charge in [-0.05, 0) is 45.9 Å². The first-order chi connectivity index (χ1) is 8.96. The molecule has 0 spiro atoms. The summed E-state index contributed by atoms with van der Waals surface area (Å²) in [6, 6.07) is 4.59. The standard InChI is InChI=1S/C14H25N5.ClH/c1-14(2,15)11-18(3)12-6-9-19(10-7-12)13-5-4-8-16-17-13;/h4-5,8,12H,6-7,9-11,15H2,1-3H3;1H. The zero-order valence-corrected chi connectivity index (χ0v) is 13.4. The second kappa shape index (κ2) is 7.20. The molecule has 2 N–H and O–H groups in total. The molecule has 2 heterocycles. The van der Waals surface area contributed by atoms with Crippen molar-refractivity contribution < 1.29 is 0 Å². The van der Waals surface area contributed by atoms with Crippen LogP contribution in [0.1, 0.15) is 26.7 Å². The van der Waals surface area contributed by atoms with Crippen molar-refractivity contribution in [1.29, 1.82) is 0 Å². The monoisotopic (exact) mass is 299 g/mol. The largest absolute Gasteiger partial charge is 0.355 e. The summed E-state index contributed by atoms with van der Waals surface area (Å²) in [5.74, 6) is 0.989. The summed E-state index contributed by atoms with van der Waals surface area (Å²) in [6.07, 6.45) is 4.03. The van der Waals surface area contributed by atoms with Crippen LogP contribution in [0.2, 0.25) is 0 Å². The Labute approximate surface area is 127 Å². The third-order valence-corrected chi connectivity index (χ3v) is 3.63. The predicted octanol–water partition coefficient (Wildman–Crippen LogP) is 1.54. The van der Waals surface area contributed by atoms with E-state index in [-0.39, 0.29) is 17.9 Å². The molecule has 5 nitrogen and oxygen atoms in total. The maximum absolute atomic E-state index is 6.09. The average Bonchev–Trinajstić information content (AvgIpc) is 2.38. The van der Waals surface area contributed by atoms with Gasteiger partial charge in [-0.15, -0.1) is 17.5 Å². The van der Waals surface area contributed by atoms with Crippen LogP contribution in [-0.2, 0) is 0 Å². The second-order valence-electron chi connectivity index (χ2n) is 6.20. The van der Waals surface area contributed by atoms with Gasteiger partial charge < -0.3 is 15.5 Å². The molecule has 1 aliphatic heterocycles. The Kier molecular flexibility index (Phi) is 6.17. The number of aromatic nitrogens is 2. The van der Waals surface area contributed by atoms with Crippen LogP contribution >= 0.6 is 12.4 Å². The fourth-order valence-electron chi connectivity index (χ4n) is 2.77. The lowest BCUT2D eigenvalue weighted by molar-refractivity contribution is 0.176. The number of rotatable bonds is 4. The van der Waals surface area contributed by atoms with Gasteiger partial charge in [0.1, 0.15) is 0 Å². The first-order valence-electron chi connectivity index (χ1n) is 6.97. The summed E-state index contributed by atoms with van der Waals surface area (Å²) in [6.45, 7) is 7.18. The molecule has 0 unspecified atom stereocenters. The minimum absolute atomic E-state index is 0. The van der Waals surface area contributed by atoms with E-state index in [2.05, 4.69) is 40.9 Å². The molecule has 6 heteroatoms. The van der Waals surface area contributed by atoms with E-state index >= 15 is 0 Å². The molecule has 0 amide bonds. The highest BCUT2D eigenvalue weighted by atomic mass is 35.5. The third-order valence-electron chi connectivity index (χ3n) is 3.63. The SMILES string of the molecule is CN(CC(C)(C)N)C1CCN(c2cccnn2)CC1.Cl. The van der Waals surface area contributed by atoms with Gasteiger partial charge in [-0.1, -0.05) is 0 Å². The number of anilines is 1. The summed E-state index contributed by atoms with van der Waals surface area (Å²) in [4.78, 5) is 4.71. The molecule has 0 bridgehead atoms. The van der Waals surface area contributed by atoms with Gasteiger partial charge in [0.2, 0.25) is 0 Å². The molecule has 0 aromatic carbocycles. The van der Waals surface area contributed by atoms with Gasteiger partial charge in [0.15, 0.2) is 5.82 Å². The Bertz CT molecular complexity index is 384. The van der Waals surface area contributed by atoms with E-state index in [1.165, 1.54) is 0 Å². The van der Waals surface area contributed by atoms with Crippen molar-refractivity contribution in [3.63, 3.8) is 0 Å². The van der Waals surface area contributed by atoms with E-state index in [4.69, 9.17) is 5.73 Å². The van der Waals surface area contributed by atoms with Crippen molar-refractivity contribution in [3.05, 3.63) is 18.3 Å². The predicted molar refractivity (Wildman–Crippen MR) is 85.4 cm³/mol. The minimum atomic E-state index is -0.128. The number of likely N-dealkylation sites (N-methyl/N-ethyl adjacent to an activating group) is 1. The molecule has 0 atom stereocenters. The van der Waals surface area contributed by atoms with Crippen LogP contribution in [0.3, 0.4) is 0 Å². The van der Waals surface area contributed by atoms with Gasteiger partial charge >= 0.3 is 0 Å². The molecule has 2 rings (SSSR count). The van der Waals surface area contributed by atoms with Crippen molar-refractivity contribution in [2.45, 2.75) is 38.3 Å². The van der Waals surface area contributed by atoms with Crippen LogP contribution in [0, 0.1) is 0 Å². The van der Waals surface area contributed by atoms with Gasteiger partial charge in [-0.2, -0.15) is 5.10 Å². The Morgan fingerprint density at radius 2 is 2.05 bits per heavy atom. The number of piperidine rings is 1. The van der Waals surface area contributed by atoms with Gasteiger partial charge in [-0.3, -0.25) is 0 Å². The molecule has 1 aromatic rings. The highest BCUT2D eigenvalue weighted by molar-refractivity contribution is 5.85. The molecule has 114 valence electrons. The molecule has 1 saturated heterocycles. The summed E-state index contributed by atoms with van der Waals surface area (Å²) < 4.78 is 0. The fraction of sp³-hybridized carbons (Fsp3) is 0.714. The van der Waals surface area contributed by atoms with Gasteiger partial charge in [-0.25, -0.2) is 0 Å². The van der Waals surface area contributed by atoms with E-state index in [1.54, 1.807) is 6.20 Å². The smallest absolute Gasteiger partial charge is 0.151 e. The first-order valence-corrected chi connectivity index (χ1v) is 6.97. The lowest BCUT2D eigenvalue weighted by Gasteiger charge is -2.39. The summed E-state index contributed by atoms with van der Waals surface area (Å²) in [5.41, 5.74) is 5.96. The molecule has 0 aliphatic carbocycles. The van der Waals surface area contributed by atoms with Crippen LogP contribution in [0.15, 0.2) is 18.3 Å². The van der Waals surface area contributed by atoms with Gasteiger partial charge in [0.05, 0.1) is 0 Å². The van der Waals surface area contributed by atoms with Crippen LogP contribution in [-0.4, -0.2) is 53.4 Å².